The van der Waals surface area contributed by atoms with E-state index < -0.39 is 17.6 Å². The zero-order chi connectivity index (χ0) is 22.3. The van der Waals surface area contributed by atoms with Gasteiger partial charge in [0.2, 0.25) is 0 Å². The van der Waals surface area contributed by atoms with Crippen molar-refractivity contribution in [1.82, 2.24) is 20.2 Å². The molecule has 0 aliphatic carbocycles. The molecule has 1 aliphatic rings. The van der Waals surface area contributed by atoms with Gasteiger partial charge in [0.1, 0.15) is 10.8 Å². The van der Waals surface area contributed by atoms with Crippen LogP contribution in [0.5, 0.6) is 0 Å². The molecule has 0 bridgehead atoms. The first kappa shape index (κ1) is 22.0. The van der Waals surface area contributed by atoms with E-state index in [9.17, 15) is 18.0 Å². The lowest BCUT2D eigenvalue weighted by molar-refractivity contribution is -0.136. The van der Waals surface area contributed by atoms with Crippen molar-refractivity contribution in [3.63, 3.8) is 0 Å². The highest BCUT2D eigenvalue weighted by Crippen LogP contribution is 2.40. The molecule has 1 atom stereocenters. The molecule has 1 fully saturated rings. The maximum Gasteiger partial charge on any atom is 0.417 e. The topological polar surface area (TPSA) is 61.4 Å². The Kier molecular flexibility index (Phi) is 5.93. The van der Waals surface area contributed by atoms with Crippen molar-refractivity contribution < 1.29 is 18.0 Å². The number of thiazole rings is 1. The van der Waals surface area contributed by atoms with E-state index in [-0.39, 0.29) is 27.6 Å². The summed E-state index contributed by atoms with van der Waals surface area (Å²) in [6.07, 6.45) is -4.53. The number of nitrogens with one attached hydrogen (secondary N) is 1. The second-order valence-electron chi connectivity index (χ2n) is 7.46. The zero-order valence-electron chi connectivity index (χ0n) is 17.3. The first-order chi connectivity index (χ1) is 14.7. The first-order valence-electron chi connectivity index (χ1n) is 9.81. The number of carbonyl (C=O) groups excluding carboxylic acids is 1. The predicted octanol–water partition coefficient (Wildman–Crippen LogP) is 4.32. The minimum atomic E-state index is -4.53. The van der Waals surface area contributed by atoms with Gasteiger partial charge in [0.05, 0.1) is 27.4 Å². The largest absolute Gasteiger partial charge is 0.417 e. The number of carbonyl (C=O) groups is 1. The Morgan fingerprint density at radius 1 is 1.16 bits per heavy atom. The molecule has 0 radical (unpaired) electrons. The highest BCUT2D eigenvalue weighted by molar-refractivity contribution is 7.17. The summed E-state index contributed by atoms with van der Waals surface area (Å²) in [6, 6.07) is 1.26. The van der Waals surface area contributed by atoms with Gasteiger partial charge in [0.25, 0.3) is 5.91 Å². The Labute approximate surface area is 185 Å². The second kappa shape index (κ2) is 8.36. The third-order valence-corrected chi connectivity index (χ3v) is 7.60. The average molecular weight is 470 g/mol. The second-order valence-corrected chi connectivity index (χ2v) is 9.23. The van der Waals surface area contributed by atoms with Gasteiger partial charge in [-0.1, -0.05) is 0 Å². The highest BCUT2D eigenvalue weighted by Gasteiger charge is 2.36. The van der Waals surface area contributed by atoms with E-state index in [0.717, 1.165) is 28.1 Å². The van der Waals surface area contributed by atoms with Crippen LogP contribution in [0.25, 0.3) is 10.2 Å². The predicted molar refractivity (Wildman–Crippen MR) is 117 cm³/mol. The summed E-state index contributed by atoms with van der Waals surface area (Å²) in [4.78, 5) is 25.3. The summed E-state index contributed by atoms with van der Waals surface area (Å²) in [5, 5.41) is 6.97. The Balaban J connectivity index is 1.61. The molecule has 11 heteroatoms. The number of pyridine rings is 1. The third-order valence-electron chi connectivity index (χ3n) is 5.47. The van der Waals surface area contributed by atoms with Crippen LogP contribution in [0.3, 0.4) is 0 Å². The summed E-state index contributed by atoms with van der Waals surface area (Å²) >= 11 is 2.52. The summed E-state index contributed by atoms with van der Waals surface area (Å²) in [5.74, 6) is -0.192. The molecule has 1 N–H and O–H groups in total. The van der Waals surface area contributed by atoms with Gasteiger partial charge in [-0.05, 0) is 19.9 Å². The van der Waals surface area contributed by atoms with Crippen LogP contribution in [0.15, 0.2) is 16.8 Å². The molecule has 1 amide bonds. The number of thiophene rings is 1. The van der Waals surface area contributed by atoms with Crippen molar-refractivity contribution in [1.29, 1.82) is 0 Å². The van der Waals surface area contributed by atoms with Gasteiger partial charge in [-0.15, -0.1) is 22.7 Å². The molecular formula is C20H22F3N5OS2. The number of alkyl halides is 3. The van der Waals surface area contributed by atoms with Crippen LogP contribution >= 0.6 is 22.7 Å². The molecule has 1 aliphatic heterocycles. The number of anilines is 1. The van der Waals surface area contributed by atoms with Gasteiger partial charge < -0.3 is 10.2 Å². The van der Waals surface area contributed by atoms with Gasteiger partial charge in [0, 0.05) is 49.7 Å². The molecule has 0 saturated carbocycles. The van der Waals surface area contributed by atoms with Gasteiger partial charge in [-0.25, -0.2) is 9.97 Å². The fourth-order valence-corrected chi connectivity index (χ4v) is 5.63. The van der Waals surface area contributed by atoms with E-state index in [0.29, 0.717) is 26.2 Å². The molecule has 6 nitrogen and oxygen atoms in total. The van der Waals surface area contributed by atoms with Crippen LogP contribution in [0.4, 0.5) is 19.0 Å². The van der Waals surface area contributed by atoms with Gasteiger partial charge in [0.15, 0.2) is 0 Å². The number of amides is 1. The lowest BCUT2D eigenvalue weighted by Crippen LogP contribution is -2.47. The number of halogens is 3. The standard InChI is InChI=1S/C20H22F3N5OS2/c1-11-9-31-19(25-11)12(2)27-4-6-28(7-5-27)15-8-14(20(21,22)23)17-16(26-15)13(10-30-17)18(29)24-3/h8-10,12H,4-7H2,1-3H3,(H,24,29). The SMILES string of the molecule is CNC(=O)c1csc2c(C(F)(F)F)cc(N3CCN(C(C)c4nc(C)cs4)CC3)nc12. The number of piperazine rings is 1. The Morgan fingerprint density at radius 2 is 1.87 bits per heavy atom. The molecule has 4 rings (SSSR count). The number of nitrogens with zero attached hydrogens (tertiary/aromatic N) is 4. The summed E-state index contributed by atoms with van der Waals surface area (Å²) in [6.45, 7) is 6.52. The Bertz CT molecular complexity index is 1100. The van der Waals surface area contributed by atoms with Gasteiger partial charge in [-0.3, -0.25) is 9.69 Å². The van der Waals surface area contributed by atoms with E-state index in [1.807, 2.05) is 17.2 Å². The Morgan fingerprint density at radius 3 is 2.45 bits per heavy atom. The lowest BCUT2D eigenvalue weighted by Gasteiger charge is -2.38. The van der Waals surface area contributed by atoms with Crippen molar-refractivity contribution in [3.05, 3.63) is 38.7 Å². The number of hydrogen-bond acceptors (Lipinski definition) is 7. The Hall–Kier alpha value is -2.24. The van der Waals surface area contributed by atoms with Crippen molar-refractivity contribution in [2.75, 3.05) is 38.1 Å². The van der Waals surface area contributed by atoms with Crippen LogP contribution < -0.4 is 10.2 Å². The van der Waals surface area contributed by atoms with Crippen LogP contribution in [0.1, 0.15) is 39.6 Å². The lowest BCUT2D eigenvalue weighted by atomic mass is 10.1. The van der Waals surface area contributed by atoms with Gasteiger partial charge >= 0.3 is 6.18 Å². The van der Waals surface area contributed by atoms with Crippen molar-refractivity contribution in [2.24, 2.45) is 0 Å². The number of fused-ring (bicyclic) bond motifs is 1. The van der Waals surface area contributed by atoms with Crippen LogP contribution in [0.2, 0.25) is 0 Å². The maximum atomic E-state index is 13.8. The molecule has 3 aromatic rings. The zero-order valence-corrected chi connectivity index (χ0v) is 18.9. The van der Waals surface area contributed by atoms with Crippen molar-refractivity contribution in [3.8, 4) is 0 Å². The minimum absolute atomic E-state index is 0.0127. The molecule has 1 unspecified atom stereocenters. The van der Waals surface area contributed by atoms with Crippen molar-refractivity contribution in [2.45, 2.75) is 26.1 Å². The van der Waals surface area contributed by atoms with E-state index in [4.69, 9.17) is 0 Å². The quantitative estimate of drug-likeness (QED) is 0.617. The summed E-state index contributed by atoms with van der Waals surface area (Å²) < 4.78 is 41.3. The van der Waals surface area contributed by atoms with Crippen LogP contribution in [0, 0.1) is 6.92 Å². The number of rotatable bonds is 4. The molecule has 3 aromatic heterocycles. The monoisotopic (exact) mass is 469 g/mol. The molecule has 0 spiro atoms. The number of aromatic nitrogens is 2. The maximum absolute atomic E-state index is 13.8. The van der Waals surface area contributed by atoms with E-state index >= 15 is 0 Å². The summed E-state index contributed by atoms with van der Waals surface area (Å²) in [5.41, 5.74) is 0.511. The smallest absolute Gasteiger partial charge is 0.355 e. The molecule has 31 heavy (non-hydrogen) atoms. The molecule has 4 heterocycles. The molecule has 166 valence electrons. The first-order valence-corrected chi connectivity index (χ1v) is 11.6. The third kappa shape index (κ3) is 4.26. The minimum Gasteiger partial charge on any atom is -0.355 e. The number of hydrogen-bond donors (Lipinski definition) is 1. The number of aryl methyl sites for hydroxylation is 1. The normalized spacial score (nSPS) is 16.6. The average Bonchev–Trinajstić information content (AvgIpc) is 3.37. The highest BCUT2D eigenvalue weighted by atomic mass is 32.1. The van der Waals surface area contributed by atoms with E-state index in [1.165, 1.54) is 12.4 Å². The van der Waals surface area contributed by atoms with E-state index in [2.05, 4.69) is 27.1 Å². The summed E-state index contributed by atoms with van der Waals surface area (Å²) in [7, 11) is 1.45. The fraction of sp³-hybridized carbons (Fsp3) is 0.450. The van der Waals surface area contributed by atoms with Crippen LogP contribution in [-0.4, -0.2) is 54.0 Å². The molecule has 0 aromatic carbocycles. The van der Waals surface area contributed by atoms with Crippen molar-refractivity contribution >= 4 is 44.6 Å². The van der Waals surface area contributed by atoms with Gasteiger partial charge in [-0.2, -0.15) is 13.2 Å². The molecular weight excluding hydrogens is 447 g/mol. The molecule has 1 saturated heterocycles. The fourth-order valence-electron chi connectivity index (χ4n) is 3.72. The van der Waals surface area contributed by atoms with E-state index in [1.54, 1.807) is 11.3 Å². The van der Waals surface area contributed by atoms with Crippen LogP contribution in [-0.2, 0) is 6.18 Å².